The summed E-state index contributed by atoms with van der Waals surface area (Å²) in [5.41, 5.74) is -0.154. The van der Waals surface area contributed by atoms with Gasteiger partial charge in [-0.15, -0.1) is 0 Å². The molecule has 0 spiro atoms. The van der Waals surface area contributed by atoms with Gasteiger partial charge < -0.3 is 10.1 Å². The quantitative estimate of drug-likeness (QED) is 0.833. The number of nitrogens with zero attached hydrogens (tertiary/aromatic N) is 2. The lowest BCUT2D eigenvalue weighted by atomic mass is 10.1. The van der Waals surface area contributed by atoms with Crippen LogP contribution < -0.4 is 10.1 Å². The normalized spacial score (nSPS) is 22.1. The fourth-order valence-corrected chi connectivity index (χ4v) is 1.99. The molecule has 1 aromatic rings. The molecular weight excluding hydrogens is 202 g/mol. The lowest BCUT2D eigenvalue weighted by Gasteiger charge is -2.23. The zero-order valence-electron chi connectivity index (χ0n) is 10.4. The Bertz CT molecular complexity index is 334. The summed E-state index contributed by atoms with van der Waals surface area (Å²) in [5.74, 6) is 0.859. The molecule has 16 heavy (non-hydrogen) atoms. The molecule has 2 heterocycles. The van der Waals surface area contributed by atoms with Crippen molar-refractivity contribution < 1.29 is 4.74 Å². The van der Waals surface area contributed by atoms with Crippen LogP contribution in [-0.2, 0) is 0 Å². The van der Waals surface area contributed by atoms with Crippen LogP contribution in [0.1, 0.15) is 39.7 Å². The number of hydrogen-bond acceptors (Lipinski definition) is 3. The highest BCUT2D eigenvalue weighted by atomic mass is 16.5. The van der Waals surface area contributed by atoms with E-state index >= 15 is 0 Å². The molecule has 1 unspecified atom stereocenters. The Labute approximate surface area is 97.0 Å². The first-order chi connectivity index (χ1) is 7.54. The van der Waals surface area contributed by atoms with Crippen LogP contribution in [-0.4, -0.2) is 28.5 Å². The van der Waals surface area contributed by atoms with Gasteiger partial charge in [0.1, 0.15) is 5.60 Å². The fourth-order valence-electron chi connectivity index (χ4n) is 1.99. The third kappa shape index (κ3) is 2.98. The molecule has 2 rings (SSSR count). The standard InChI is InChI=1S/C12H21N3O/c1-12(2,3)16-11-8-14-15(9-11)10-5-4-6-13-7-10/h8-10,13H,4-7H2,1-3H3. The summed E-state index contributed by atoms with van der Waals surface area (Å²) in [4.78, 5) is 0. The summed E-state index contributed by atoms with van der Waals surface area (Å²) < 4.78 is 7.79. The highest BCUT2D eigenvalue weighted by Gasteiger charge is 2.18. The highest BCUT2D eigenvalue weighted by Crippen LogP contribution is 2.21. The molecule has 0 amide bonds. The lowest BCUT2D eigenvalue weighted by molar-refractivity contribution is 0.130. The zero-order chi connectivity index (χ0) is 11.6. The van der Waals surface area contributed by atoms with E-state index in [-0.39, 0.29) is 5.60 Å². The summed E-state index contributed by atoms with van der Waals surface area (Å²) in [7, 11) is 0. The first-order valence-electron chi connectivity index (χ1n) is 5.98. The average Bonchev–Trinajstić information content (AvgIpc) is 2.65. The van der Waals surface area contributed by atoms with Crippen LogP contribution in [0.5, 0.6) is 5.75 Å². The third-order valence-electron chi connectivity index (χ3n) is 2.65. The number of hydrogen-bond donors (Lipinski definition) is 1. The lowest BCUT2D eigenvalue weighted by Crippen LogP contribution is -2.31. The average molecular weight is 223 g/mol. The molecule has 0 aliphatic carbocycles. The number of piperidine rings is 1. The Morgan fingerprint density at radius 2 is 2.31 bits per heavy atom. The van der Waals surface area contributed by atoms with Crippen LogP contribution in [0.4, 0.5) is 0 Å². The number of aromatic nitrogens is 2. The summed E-state index contributed by atoms with van der Waals surface area (Å²) in [6, 6.07) is 0.478. The zero-order valence-corrected chi connectivity index (χ0v) is 10.4. The molecule has 0 saturated carbocycles. The first kappa shape index (κ1) is 11.5. The molecule has 90 valence electrons. The molecule has 4 heteroatoms. The second kappa shape index (κ2) is 4.45. The van der Waals surface area contributed by atoms with Gasteiger partial charge in [0, 0.05) is 6.54 Å². The van der Waals surface area contributed by atoms with E-state index in [0.29, 0.717) is 6.04 Å². The second-order valence-electron chi connectivity index (χ2n) is 5.37. The van der Waals surface area contributed by atoms with Gasteiger partial charge in [-0.05, 0) is 40.2 Å². The van der Waals surface area contributed by atoms with Crippen molar-refractivity contribution in [3.05, 3.63) is 12.4 Å². The van der Waals surface area contributed by atoms with Gasteiger partial charge in [-0.1, -0.05) is 0 Å². The van der Waals surface area contributed by atoms with Crippen molar-refractivity contribution in [1.82, 2.24) is 15.1 Å². The van der Waals surface area contributed by atoms with Crippen molar-refractivity contribution in [3.63, 3.8) is 0 Å². The van der Waals surface area contributed by atoms with E-state index in [1.54, 1.807) is 6.20 Å². The van der Waals surface area contributed by atoms with Crippen LogP contribution in [0.3, 0.4) is 0 Å². The largest absolute Gasteiger partial charge is 0.485 e. The van der Waals surface area contributed by atoms with Gasteiger partial charge in [0.25, 0.3) is 0 Å². The van der Waals surface area contributed by atoms with E-state index in [2.05, 4.69) is 10.4 Å². The van der Waals surface area contributed by atoms with Crippen molar-refractivity contribution in [2.75, 3.05) is 13.1 Å². The number of ether oxygens (including phenoxy) is 1. The summed E-state index contributed by atoms with van der Waals surface area (Å²) in [6.07, 6.45) is 6.23. The van der Waals surface area contributed by atoms with Gasteiger partial charge in [-0.2, -0.15) is 5.10 Å². The monoisotopic (exact) mass is 223 g/mol. The van der Waals surface area contributed by atoms with E-state index in [1.165, 1.54) is 12.8 Å². The third-order valence-corrected chi connectivity index (χ3v) is 2.65. The van der Waals surface area contributed by atoms with Crippen LogP contribution in [0.25, 0.3) is 0 Å². The minimum atomic E-state index is -0.154. The van der Waals surface area contributed by atoms with Gasteiger partial charge in [0.15, 0.2) is 5.75 Å². The molecule has 1 N–H and O–H groups in total. The van der Waals surface area contributed by atoms with Crippen LogP contribution in [0.15, 0.2) is 12.4 Å². The van der Waals surface area contributed by atoms with Gasteiger partial charge in [-0.3, -0.25) is 4.68 Å². The predicted molar refractivity (Wildman–Crippen MR) is 63.7 cm³/mol. The second-order valence-corrected chi connectivity index (χ2v) is 5.37. The van der Waals surface area contributed by atoms with Crippen molar-refractivity contribution in [2.45, 2.75) is 45.3 Å². The minimum absolute atomic E-state index is 0.154. The molecule has 1 aliphatic rings. The minimum Gasteiger partial charge on any atom is -0.485 e. The van der Waals surface area contributed by atoms with E-state index < -0.39 is 0 Å². The Kier molecular flexibility index (Phi) is 3.19. The fraction of sp³-hybridized carbons (Fsp3) is 0.750. The van der Waals surface area contributed by atoms with Gasteiger partial charge >= 0.3 is 0 Å². The van der Waals surface area contributed by atoms with E-state index in [4.69, 9.17) is 4.74 Å². The highest BCUT2D eigenvalue weighted by molar-refractivity contribution is 5.13. The topological polar surface area (TPSA) is 39.1 Å². The molecule has 1 fully saturated rings. The van der Waals surface area contributed by atoms with Crippen LogP contribution in [0.2, 0.25) is 0 Å². The molecule has 1 atom stereocenters. The molecule has 4 nitrogen and oxygen atoms in total. The molecular formula is C12H21N3O. The van der Waals surface area contributed by atoms with Crippen LogP contribution in [0, 0.1) is 0 Å². The molecule has 0 bridgehead atoms. The van der Waals surface area contributed by atoms with Gasteiger partial charge in [0.05, 0.1) is 18.4 Å². The summed E-state index contributed by atoms with van der Waals surface area (Å²) >= 11 is 0. The maximum Gasteiger partial charge on any atom is 0.157 e. The number of nitrogens with one attached hydrogen (secondary N) is 1. The van der Waals surface area contributed by atoms with E-state index in [9.17, 15) is 0 Å². The van der Waals surface area contributed by atoms with Crippen molar-refractivity contribution in [3.8, 4) is 5.75 Å². The first-order valence-corrected chi connectivity index (χ1v) is 5.98. The van der Waals surface area contributed by atoms with Gasteiger partial charge in [-0.25, -0.2) is 0 Å². The summed E-state index contributed by atoms with van der Waals surface area (Å²) in [5, 5.41) is 7.76. The SMILES string of the molecule is CC(C)(C)Oc1cnn(C2CCCNC2)c1. The Hall–Kier alpha value is -1.03. The maximum atomic E-state index is 5.77. The smallest absolute Gasteiger partial charge is 0.157 e. The van der Waals surface area contributed by atoms with Crippen molar-refractivity contribution in [1.29, 1.82) is 0 Å². The van der Waals surface area contributed by atoms with Crippen molar-refractivity contribution >= 4 is 0 Å². The maximum absolute atomic E-state index is 5.77. The van der Waals surface area contributed by atoms with E-state index in [1.807, 2.05) is 31.6 Å². The van der Waals surface area contributed by atoms with Crippen molar-refractivity contribution in [2.24, 2.45) is 0 Å². The number of rotatable bonds is 2. The molecule has 1 aliphatic heterocycles. The molecule has 1 aromatic heterocycles. The molecule has 0 aromatic carbocycles. The van der Waals surface area contributed by atoms with Crippen LogP contribution >= 0.6 is 0 Å². The molecule has 0 radical (unpaired) electrons. The Balaban J connectivity index is 2.01. The van der Waals surface area contributed by atoms with Gasteiger partial charge in [0.2, 0.25) is 0 Å². The predicted octanol–water partition coefficient (Wildman–Crippen LogP) is 1.98. The summed E-state index contributed by atoms with van der Waals surface area (Å²) in [6.45, 7) is 8.28. The van der Waals surface area contributed by atoms with E-state index in [0.717, 1.165) is 18.8 Å². The molecule has 1 saturated heterocycles. The Morgan fingerprint density at radius 3 is 2.94 bits per heavy atom. The Morgan fingerprint density at radius 1 is 1.50 bits per heavy atom.